The maximum Gasteiger partial charge on any atom is 0.309 e. The Morgan fingerprint density at radius 3 is 2.28 bits per heavy atom. The Bertz CT molecular complexity index is 468. The Morgan fingerprint density at radius 1 is 1.28 bits per heavy atom. The second-order valence-electron chi connectivity index (χ2n) is 5.68. The van der Waals surface area contributed by atoms with E-state index in [-0.39, 0.29) is 17.8 Å². The number of hydrogen-bond acceptors (Lipinski definition) is 3. The molecule has 0 spiro atoms. The Morgan fingerprint density at radius 2 is 1.83 bits per heavy atom. The number of aromatic hydroxyl groups is 1. The summed E-state index contributed by atoms with van der Waals surface area (Å²) in [6.07, 6.45) is 0.243. The average molecular weight is 250 g/mol. The van der Waals surface area contributed by atoms with Gasteiger partial charge in [0.2, 0.25) is 0 Å². The summed E-state index contributed by atoms with van der Waals surface area (Å²) < 4.78 is 4.70. The van der Waals surface area contributed by atoms with Gasteiger partial charge in [-0.1, -0.05) is 26.8 Å². The summed E-state index contributed by atoms with van der Waals surface area (Å²) in [7, 11) is 1.38. The van der Waals surface area contributed by atoms with E-state index in [1.165, 1.54) is 7.11 Å². The van der Waals surface area contributed by atoms with E-state index in [4.69, 9.17) is 4.74 Å². The first-order chi connectivity index (χ1) is 8.18. The van der Waals surface area contributed by atoms with Crippen LogP contribution in [-0.2, 0) is 21.4 Å². The van der Waals surface area contributed by atoms with E-state index >= 15 is 0 Å². The molecule has 0 unspecified atom stereocenters. The lowest BCUT2D eigenvalue weighted by atomic mass is 9.82. The van der Waals surface area contributed by atoms with Gasteiger partial charge in [0.15, 0.2) is 0 Å². The fraction of sp³-hybridized carbons (Fsp3) is 0.533. The molecule has 1 N–H and O–H groups in total. The SMILES string of the molecule is COC(=O)Cc1cc(C(C)(C)C)c(O)c(C)c1C. The second-order valence-corrected chi connectivity index (χ2v) is 5.68. The van der Waals surface area contributed by atoms with Crippen LogP contribution in [0.15, 0.2) is 6.07 Å². The number of carbonyl (C=O) groups excluding carboxylic acids is 1. The maximum atomic E-state index is 11.4. The smallest absolute Gasteiger partial charge is 0.309 e. The molecule has 1 aromatic carbocycles. The van der Waals surface area contributed by atoms with E-state index < -0.39 is 0 Å². The first-order valence-corrected chi connectivity index (χ1v) is 6.07. The standard InChI is InChI=1S/C15H22O3/c1-9-10(2)14(17)12(15(3,4)5)7-11(9)8-13(16)18-6/h7,17H,8H2,1-6H3. The van der Waals surface area contributed by atoms with E-state index in [9.17, 15) is 9.90 Å². The Labute approximate surface area is 109 Å². The van der Waals surface area contributed by atoms with Crippen LogP contribution in [0.5, 0.6) is 5.75 Å². The lowest BCUT2D eigenvalue weighted by Gasteiger charge is -2.24. The topological polar surface area (TPSA) is 46.5 Å². The van der Waals surface area contributed by atoms with Crippen LogP contribution >= 0.6 is 0 Å². The molecule has 0 saturated heterocycles. The minimum atomic E-state index is -0.261. The van der Waals surface area contributed by atoms with Crippen molar-refractivity contribution in [2.24, 2.45) is 0 Å². The van der Waals surface area contributed by atoms with Gasteiger partial charge in [0.1, 0.15) is 5.75 Å². The molecule has 0 fully saturated rings. The normalized spacial score (nSPS) is 11.4. The number of methoxy groups -OCH3 is 1. The Kier molecular flexibility index (Phi) is 4.05. The molecule has 0 atom stereocenters. The summed E-state index contributed by atoms with van der Waals surface area (Å²) in [6, 6.07) is 1.91. The van der Waals surface area contributed by atoms with E-state index in [0.29, 0.717) is 5.75 Å². The van der Waals surface area contributed by atoms with E-state index in [0.717, 1.165) is 22.3 Å². The van der Waals surface area contributed by atoms with Crippen molar-refractivity contribution in [3.63, 3.8) is 0 Å². The monoisotopic (exact) mass is 250 g/mol. The summed E-state index contributed by atoms with van der Waals surface area (Å²) in [6.45, 7) is 9.91. The molecule has 1 rings (SSSR count). The fourth-order valence-corrected chi connectivity index (χ4v) is 1.95. The quantitative estimate of drug-likeness (QED) is 0.821. The van der Waals surface area contributed by atoms with Gasteiger partial charge < -0.3 is 9.84 Å². The van der Waals surface area contributed by atoms with Crippen LogP contribution in [0.3, 0.4) is 0 Å². The van der Waals surface area contributed by atoms with Gasteiger partial charge in [-0.2, -0.15) is 0 Å². The van der Waals surface area contributed by atoms with Crippen molar-refractivity contribution in [3.05, 3.63) is 28.3 Å². The molecule has 0 aromatic heterocycles. The number of hydrogen-bond donors (Lipinski definition) is 1. The highest BCUT2D eigenvalue weighted by Crippen LogP contribution is 2.36. The molecule has 0 bridgehead atoms. The van der Waals surface area contributed by atoms with E-state index in [1.54, 1.807) is 0 Å². The highest BCUT2D eigenvalue weighted by Gasteiger charge is 2.22. The van der Waals surface area contributed by atoms with E-state index in [1.807, 2.05) is 40.7 Å². The largest absolute Gasteiger partial charge is 0.507 e. The molecule has 0 aliphatic carbocycles. The first-order valence-electron chi connectivity index (χ1n) is 6.07. The lowest BCUT2D eigenvalue weighted by molar-refractivity contribution is -0.139. The van der Waals surface area contributed by atoms with Crippen molar-refractivity contribution in [2.45, 2.75) is 46.5 Å². The minimum Gasteiger partial charge on any atom is -0.507 e. The molecule has 100 valence electrons. The number of phenols is 1. The highest BCUT2D eigenvalue weighted by molar-refractivity contribution is 5.73. The van der Waals surface area contributed by atoms with Gasteiger partial charge in [0.05, 0.1) is 13.5 Å². The minimum absolute atomic E-state index is 0.159. The van der Waals surface area contributed by atoms with Crippen molar-refractivity contribution in [2.75, 3.05) is 7.11 Å². The molecule has 0 heterocycles. The molecule has 3 nitrogen and oxygen atoms in total. The zero-order valence-corrected chi connectivity index (χ0v) is 12.0. The van der Waals surface area contributed by atoms with Gasteiger partial charge in [-0.15, -0.1) is 0 Å². The van der Waals surface area contributed by atoms with Crippen molar-refractivity contribution in [3.8, 4) is 5.75 Å². The van der Waals surface area contributed by atoms with Crippen LogP contribution in [-0.4, -0.2) is 18.2 Å². The number of phenolic OH excluding ortho intramolecular Hbond substituents is 1. The molecule has 0 saturated carbocycles. The van der Waals surface area contributed by atoms with Crippen molar-refractivity contribution < 1.29 is 14.6 Å². The van der Waals surface area contributed by atoms with Crippen LogP contribution in [0.25, 0.3) is 0 Å². The molecular weight excluding hydrogens is 228 g/mol. The summed E-state index contributed by atoms with van der Waals surface area (Å²) >= 11 is 0. The van der Waals surface area contributed by atoms with Gasteiger partial charge in [0, 0.05) is 0 Å². The number of ether oxygens (including phenoxy) is 1. The first kappa shape index (κ1) is 14.6. The molecule has 0 amide bonds. The van der Waals surface area contributed by atoms with Gasteiger partial charge in [-0.05, 0) is 41.5 Å². The number of esters is 1. The zero-order chi connectivity index (χ0) is 14.1. The summed E-state index contributed by atoms with van der Waals surface area (Å²) in [5.41, 5.74) is 3.41. The van der Waals surface area contributed by atoms with E-state index in [2.05, 4.69) is 0 Å². The molecule has 0 aliphatic rings. The summed E-state index contributed by atoms with van der Waals surface area (Å²) in [4.78, 5) is 11.4. The van der Waals surface area contributed by atoms with Crippen molar-refractivity contribution in [1.82, 2.24) is 0 Å². The number of benzene rings is 1. The maximum absolute atomic E-state index is 11.4. The molecule has 3 heteroatoms. The molecule has 18 heavy (non-hydrogen) atoms. The Balaban J connectivity index is 3.37. The zero-order valence-electron chi connectivity index (χ0n) is 12.0. The van der Waals surface area contributed by atoms with Gasteiger partial charge in [0.25, 0.3) is 0 Å². The van der Waals surface area contributed by atoms with Crippen LogP contribution in [0.1, 0.15) is 43.0 Å². The third-order valence-electron chi connectivity index (χ3n) is 3.34. The third-order valence-corrected chi connectivity index (χ3v) is 3.34. The highest BCUT2D eigenvalue weighted by atomic mass is 16.5. The number of carbonyl (C=O) groups is 1. The average Bonchev–Trinajstić information content (AvgIpc) is 2.28. The molecular formula is C15H22O3. The predicted molar refractivity (Wildman–Crippen MR) is 72.0 cm³/mol. The predicted octanol–water partition coefficient (Wildman–Crippen LogP) is 3.02. The molecule has 1 aromatic rings. The Hall–Kier alpha value is -1.51. The van der Waals surface area contributed by atoms with Crippen LogP contribution in [0, 0.1) is 13.8 Å². The summed E-state index contributed by atoms with van der Waals surface area (Å²) in [5.74, 6) is 0.0664. The van der Waals surface area contributed by atoms with Crippen molar-refractivity contribution in [1.29, 1.82) is 0 Å². The fourth-order valence-electron chi connectivity index (χ4n) is 1.95. The van der Waals surface area contributed by atoms with Gasteiger partial charge >= 0.3 is 5.97 Å². The summed E-state index contributed by atoms with van der Waals surface area (Å²) in [5, 5.41) is 10.2. The molecule has 0 aliphatic heterocycles. The molecule has 0 radical (unpaired) electrons. The van der Waals surface area contributed by atoms with Crippen LogP contribution in [0.4, 0.5) is 0 Å². The lowest BCUT2D eigenvalue weighted by Crippen LogP contribution is -2.15. The number of rotatable bonds is 2. The second kappa shape index (κ2) is 5.01. The third kappa shape index (κ3) is 2.84. The van der Waals surface area contributed by atoms with Crippen LogP contribution < -0.4 is 0 Å². The van der Waals surface area contributed by atoms with Gasteiger partial charge in [-0.25, -0.2) is 0 Å². The van der Waals surface area contributed by atoms with Crippen molar-refractivity contribution >= 4 is 5.97 Å². The van der Waals surface area contributed by atoms with Gasteiger partial charge in [-0.3, -0.25) is 4.79 Å². The van der Waals surface area contributed by atoms with Crippen LogP contribution in [0.2, 0.25) is 0 Å².